The molecule has 6 heteroatoms. The van der Waals surface area contributed by atoms with Crippen molar-refractivity contribution in [3.63, 3.8) is 0 Å². The van der Waals surface area contributed by atoms with Gasteiger partial charge in [0.1, 0.15) is 0 Å². The van der Waals surface area contributed by atoms with Crippen molar-refractivity contribution < 1.29 is 4.79 Å². The number of hydrogen-bond donors (Lipinski definition) is 1. The van der Waals surface area contributed by atoms with E-state index in [4.69, 9.17) is 0 Å². The minimum absolute atomic E-state index is 0.245. The second kappa shape index (κ2) is 5.87. The number of anilines is 1. The molecule has 0 aliphatic carbocycles. The summed E-state index contributed by atoms with van der Waals surface area (Å²) in [5.41, 5.74) is 1.25. The van der Waals surface area contributed by atoms with Crippen molar-refractivity contribution in [2.75, 3.05) is 5.32 Å². The van der Waals surface area contributed by atoms with Gasteiger partial charge in [0.05, 0.1) is 5.56 Å². The number of nitrogens with one attached hydrogen (secondary N) is 1. The number of hydrogen-bond acceptors (Lipinski definition) is 5. The van der Waals surface area contributed by atoms with Crippen LogP contribution in [0, 0.1) is 0 Å². The Hall–Kier alpha value is -3.15. The number of carbonyl (C=O) groups excluding carboxylic acids is 1. The van der Waals surface area contributed by atoms with E-state index < -0.39 is 0 Å². The second-order valence-electron chi connectivity index (χ2n) is 4.19. The van der Waals surface area contributed by atoms with Crippen LogP contribution in [-0.2, 0) is 0 Å². The summed E-state index contributed by atoms with van der Waals surface area (Å²) in [6, 6.07) is 11.2. The molecular weight excluding hydrogens is 266 g/mol. The normalized spacial score (nSPS) is 10.1. The summed E-state index contributed by atoms with van der Waals surface area (Å²) >= 11 is 0. The van der Waals surface area contributed by atoms with Gasteiger partial charge in [-0.1, -0.05) is 30.3 Å². The number of carbonyl (C=O) groups is 1. The van der Waals surface area contributed by atoms with E-state index in [2.05, 4.69) is 25.3 Å². The van der Waals surface area contributed by atoms with Gasteiger partial charge in [-0.15, -0.1) is 0 Å². The maximum atomic E-state index is 12.0. The average molecular weight is 277 g/mol. The van der Waals surface area contributed by atoms with Gasteiger partial charge < -0.3 is 0 Å². The molecular formula is C15H11N5O. The van der Waals surface area contributed by atoms with Crippen LogP contribution >= 0.6 is 0 Å². The molecule has 0 aliphatic heterocycles. The maximum Gasteiger partial charge on any atom is 0.261 e. The highest BCUT2D eigenvalue weighted by Crippen LogP contribution is 2.13. The molecule has 21 heavy (non-hydrogen) atoms. The van der Waals surface area contributed by atoms with Crippen LogP contribution in [0.5, 0.6) is 0 Å². The molecule has 0 saturated heterocycles. The van der Waals surface area contributed by atoms with Gasteiger partial charge in [0.25, 0.3) is 5.91 Å². The lowest BCUT2D eigenvalue weighted by Gasteiger charge is -2.03. The van der Waals surface area contributed by atoms with Crippen molar-refractivity contribution in [3.8, 4) is 11.4 Å². The van der Waals surface area contributed by atoms with Gasteiger partial charge in [-0.3, -0.25) is 10.1 Å². The fourth-order valence-electron chi connectivity index (χ4n) is 1.72. The number of amides is 1. The third-order valence-corrected chi connectivity index (χ3v) is 2.74. The van der Waals surface area contributed by atoms with Gasteiger partial charge in [-0.25, -0.2) is 19.9 Å². The van der Waals surface area contributed by atoms with Gasteiger partial charge in [-0.05, 0) is 6.07 Å². The quantitative estimate of drug-likeness (QED) is 0.793. The first kappa shape index (κ1) is 12.9. The lowest BCUT2D eigenvalue weighted by Crippen LogP contribution is -2.14. The van der Waals surface area contributed by atoms with Crippen LogP contribution in [0.2, 0.25) is 0 Å². The highest BCUT2D eigenvalue weighted by molar-refractivity contribution is 6.02. The number of rotatable bonds is 3. The minimum atomic E-state index is -0.346. The van der Waals surface area contributed by atoms with E-state index >= 15 is 0 Å². The largest absolute Gasteiger partial charge is 0.290 e. The number of nitrogens with zero attached hydrogens (tertiary/aromatic N) is 4. The van der Waals surface area contributed by atoms with Crippen LogP contribution in [0.15, 0.2) is 61.2 Å². The van der Waals surface area contributed by atoms with E-state index in [1.54, 1.807) is 18.5 Å². The predicted molar refractivity (Wildman–Crippen MR) is 77.5 cm³/mol. The zero-order valence-electron chi connectivity index (χ0n) is 11.0. The Labute approximate surface area is 121 Å². The predicted octanol–water partition coefficient (Wildman–Crippen LogP) is 2.19. The Balaban J connectivity index is 1.77. The molecule has 0 unspecified atom stereocenters. The molecule has 1 aromatic carbocycles. The first-order chi connectivity index (χ1) is 10.3. The first-order valence-corrected chi connectivity index (χ1v) is 6.29. The minimum Gasteiger partial charge on any atom is -0.290 e. The summed E-state index contributed by atoms with van der Waals surface area (Å²) < 4.78 is 0. The molecule has 0 fully saturated rings. The highest BCUT2D eigenvalue weighted by atomic mass is 16.1. The van der Waals surface area contributed by atoms with Crippen molar-refractivity contribution in [2.45, 2.75) is 0 Å². The van der Waals surface area contributed by atoms with Crippen LogP contribution < -0.4 is 5.32 Å². The van der Waals surface area contributed by atoms with E-state index in [1.165, 1.54) is 12.4 Å². The molecule has 102 valence electrons. The van der Waals surface area contributed by atoms with Gasteiger partial charge in [-0.2, -0.15) is 0 Å². The van der Waals surface area contributed by atoms with Gasteiger partial charge in [0, 0.05) is 30.4 Å². The molecule has 0 atom stereocenters. The van der Waals surface area contributed by atoms with Crippen LogP contribution in [0.25, 0.3) is 11.4 Å². The second-order valence-corrected chi connectivity index (χ2v) is 4.19. The van der Waals surface area contributed by atoms with Crippen LogP contribution in [-0.4, -0.2) is 25.8 Å². The van der Waals surface area contributed by atoms with Gasteiger partial charge >= 0.3 is 0 Å². The van der Waals surface area contributed by atoms with E-state index in [-0.39, 0.29) is 11.9 Å². The molecule has 2 aromatic heterocycles. The fourth-order valence-corrected chi connectivity index (χ4v) is 1.72. The zero-order chi connectivity index (χ0) is 14.5. The fraction of sp³-hybridized carbons (Fsp3) is 0. The Morgan fingerprint density at radius 2 is 1.52 bits per heavy atom. The molecule has 3 aromatic rings. The molecule has 0 aliphatic rings. The number of benzene rings is 1. The van der Waals surface area contributed by atoms with E-state index in [0.29, 0.717) is 11.4 Å². The third-order valence-electron chi connectivity index (χ3n) is 2.74. The van der Waals surface area contributed by atoms with Gasteiger partial charge in [0.15, 0.2) is 5.82 Å². The molecule has 0 spiro atoms. The van der Waals surface area contributed by atoms with Gasteiger partial charge in [0.2, 0.25) is 5.95 Å². The van der Waals surface area contributed by atoms with E-state index in [1.807, 2.05) is 30.3 Å². The molecule has 6 nitrogen and oxygen atoms in total. The average Bonchev–Trinajstić information content (AvgIpc) is 2.57. The summed E-state index contributed by atoms with van der Waals surface area (Å²) in [6.07, 6.45) is 6.07. The van der Waals surface area contributed by atoms with Crippen LogP contribution in [0.1, 0.15) is 10.4 Å². The highest BCUT2D eigenvalue weighted by Gasteiger charge is 2.09. The smallest absolute Gasteiger partial charge is 0.261 e. The van der Waals surface area contributed by atoms with Crippen molar-refractivity contribution in [1.29, 1.82) is 0 Å². The lowest BCUT2D eigenvalue weighted by molar-refractivity contribution is 0.102. The molecule has 1 amide bonds. The Kier molecular flexibility index (Phi) is 3.60. The van der Waals surface area contributed by atoms with E-state index in [9.17, 15) is 4.79 Å². The molecule has 1 N–H and O–H groups in total. The molecule has 2 heterocycles. The zero-order valence-corrected chi connectivity index (χ0v) is 11.0. The summed E-state index contributed by atoms with van der Waals surface area (Å²) in [7, 11) is 0. The topological polar surface area (TPSA) is 80.7 Å². The lowest BCUT2D eigenvalue weighted by atomic mass is 10.2. The third kappa shape index (κ3) is 3.06. The monoisotopic (exact) mass is 277 g/mol. The summed E-state index contributed by atoms with van der Waals surface area (Å²) in [5, 5.41) is 2.58. The Morgan fingerprint density at radius 1 is 0.857 bits per heavy atom. The van der Waals surface area contributed by atoms with Crippen LogP contribution in [0.3, 0.4) is 0 Å². The molecule has 0 bridgehead atoms. The van der Waals surface area contributed by atoms with Crippen LogP contribution in [0.4, 0.5) is 5.95 Å². The molecule has 0 saturated carbocycles. The number of aromatic nitrogens is 4. The van der Waals surface area contributed by atoms with Crippen molar-refractivity contribution >= 4 is 11.9 Å². The van der Waals surface area contributed by atoms with Crippen molar-refractivity contribution in [1.82, 2.24) is 19.9 Å². The molecule has 0 radical (unpaired) electrons. The maximum absolute atomic E-state index is 12.0. The van der Waals surface area contributed by atoms with Crippen molar-refractivity contribution in [2.24, 2.45) is 0 Å². The standard InChI is InChI=1S/C15H11N5O/c21-14(20-15-16-7-4-8-17-15)12-9-18-13(19-10-12)11-5-2-1-3-6-11/h1-10H,(H,16,17,20,21). The molecule has 3 rings (SSSR count). The van der Waals surface area contributed by atoms with Crippen molar-refractivity contribution in [3.05, 3.63) is 66.7 Å². The summed E-state index contributed by atoms with van der Waals surface area (Å²) in [4.78, 5) is 28.2. The summed E-state index contributed by atoms with van der Waals surface area (Å²) in [5.74, 6) is 0.471. The Morgan fingerprint density at radius 3 is 2.19 bits per heavy atom. The first-order valence-electron chi connectivity index (χ1n) is 6.29. The SMILES string of the molecule is O=C(Nc1ncccn1)c1cnc(-c2ccccc2)nc1. The summed E-state index contributed by atoms with van der Waals surface area (Å²) in [6.45, 7) is 0. The van der Waals surface area contributed by atoms with E-state index in [0.717, 1.165) is 5.56 Å². The Bertz CT molecular complexity index is 729.